The molecule has 4 aromatic rings. The monoisotopic (exact) mass is 477 g/mol. The molecule has 35 heavy (non-hydrogen) atoms. The van der Waals surface area contributed by atoms with Crippen molar-refractivity contribution < 1.29 is 13.2 Å². The Balaban J connectivity index is 1.28. The zero-order valence-electron chi connectivity index (χ0n) is 18.5. The topological polar surface area (TPSA) is 93.8 Å². The lowest BCUT2D eigenvalue weighted by molar-refractivity contribution is -0.0950. The quantitative estimate of drug-likeness (QED) is 0.275. The number of anilines is 2. The number of benzene rings is 2. The molecule has 0 spiro atoms. The smallest absolute Gasteiger partial charge is 0.354 e. The lowest BCUT2D eigenvalue weighted by Crippen LogP contribution is -2.21. The molecule has 1 unspecified atom stereocenters. The lowest BCUT2D eigenvalue weighted by atomic mass is 10.00. The number of nitrogens with one attached hydrogen (secondary N) is 4. The minimum Gasteiger partial charge on any atom is -0.354 e. The molecule has 7 nitrogen and oxygen atoms in total. The van der Waals surface area contributed by atoms with Gasteiger partial charge in [-0.05, 0) is 54.8 Å². The number of aromatic amines is 2. The molecule has 1 atom stereocenters. The van der Waals surface area contributed by atoms with Gasteiger partial charge in [-0.3, -0.25) is 10.1 Å². The van der Waals surface area contributed by atoms with Crippen LogP contribution in [-0.4, -0.2) is 38.2 Å². The summed E-state index contributed by atoms with van der Waals surface area (Å²) in [5.74, 6) is 0.191. The number of halogens is 3. The van der Waals surface area contributed by atoms with E-state index in [9.17, 15) is 13.2 Å². The Kier molecular flexibility index (Phi) is 5.86. The summed E-state index contributed by atoms with van der Waals surface area (Å²) < 4.78 is 41.2. The second-order valence-corrected chi connectivity index (χ2v) is 8.23. The van der Waals surface area contributed by atoms with E-state index >= 15 is 0 Å². The van der Waals surface area contributed by atoms with Gasteiger partial charge in [-0.25, -0.2) is 4.98 Å². The summed E-state index contributed by atoms with van der Waals surface area (Å²) >= 11 is 0. The van der Waals surface area contributed by atoms with E-state index in [1.54, 1.807) is 24.8 Å². The van der Waals surface area contributed by atoms with Crippen LogP contribution in [0.4, 0.5) is 24.5 Å². The summed E-state index contributed by atoms with van der Waals surface area (Å²) in [5, 5.41) is 13.9. The number of alkyl halides is 3. The minimum absolute atomic E-state index is 0.191. The number of fused-ring (bicyclic) bond motifs is 1. The highest BCUT2D eigenvalue weighted by atomic mass is 19.4. The van der Waals surface area contributed by atoms with Gasteiger partial charge in [-0.1, -0.05) is 18.7 Å². The van der Waals surface area contributed by atoms with Gasteiger partial charge < -0.3 is 15.6 Å². The number of aromatic nitrogens is 4. The van der Waals surface area contributed by atoms with Crippen LogP contribution in [0.3, 0.4) is 0 Å². The number of amidine groups is 1. The van der Waals surface area contributed by atoms with Gasteiger partial charge in [0.2, 0.25) is 0 Å². The first-order valence-corrected chi connectivity index (χ1v) is 11.0. The number of aliphatic imine (C=N–C) groups is 1. The number of nitrogens with zero attached hydrogens (tertiary/aromatic N) is 3. The molecule has 0 radical (unpaired) electrons. The van der Waals surface area contributed by atoms with Crippen LogP contribution in [0.1, 0.15) is 17.7 Å². The zero-order valence-corrected chi connectivity index (χ0v) is 18.5. The van der Waals surface area contributed by atoms with Crippen molar-refractivity contribution in [2.24, 2.45) is 4.99 Å². The SMILES string of the molecule is C=C(Nc1cccc(CCC2N=C(Nc3ccc4[nH]ncc4c3)C=C2C(F)(F)F)c1)c1cnc[nH]1. The Bertz CT molecular complexity index is 1410. The zero-order chi connectivity index (χ0) is 24.4. The van der Waals surface area contributed by atoms with Crippen LogP contribution in [-0.2, 0) is 6.42 Å². The second kappa shape index (κ2) is 9.13. The second-order valence-electron chi connectivity index (χ2n) is 8.23. The highest BCUT2D eigenvalue weighted by molar-refractivity contribution is 6.06. The van der Waals surface area contributed by atoms with Gasteiger partial charge in [-0.2, -0.15) is 18.3 Å². The Morgan fingerprint density at radius 1 is 1.09 bits per heavy atom. The van der Waals surface area contributed by atoms with Crippen LogP contribution in [0.25, 0.3) is 16.6 Å². The predicted molar refractivity (Wildman–Crippen MR) is 131 cm³/mol. The summed E-state index contributed by atoms with van der Waals surface area (Å²) in [7, 11) is 0. The Labute approximate surface area is 198 Å². The molecule has 0 amide bonds. The third-order valence-corrected chi connectivity index (χ3v) is 5.74. The van der Waals surface area contributed by atoms with Crippen LogP contribution < -0.4 is 10.6 Å². The molecule has 0 bridgehead atoms. The average molecular weight is 477 g/mol. The maximum Gasteiger partial charge on any atom is 0.414 e. The van der Waals surface area contributed by atoms with Crippen molar-refractivity contribution in [1.82, 2.24) is 20.2 Å². The third kappa shape index (κ3) is 5.11. The standard InChI is InChI=1S/C25H22F3N7/c1-15(23-13-29-14-30-23)32-18-4-2-3-16(9-18)5-7-22-20(25(26,27)28)11-24(34-22)33-19-6-8-21-17(10-19)12-31-35-21/h2-4,6,8-14,22,32H,1,5,7H2,(H,29,30)(H,31,35)(H,33,34). The van der Waals surface area contributed by atoms with E-state index in [0.717, 1.165) is 33.9 Å². The summed E-state index contributed by atoms with van der Waals surface area (Å²) in [5.41, 5.74) is 3.93. The van der Waals surface area contributed by atoms with E-state index in [2.05, 4.69) is 42.4 Å². The first-order valence-electron chi connectivity index (χ1n) is 11.0. The molecular formula is C25H22F3N7. The van der Waals surface area contributed by atoms with E-state index in [1.807, 2.05) is 36.4 Å². The van der Waals surface area contributed by atoms with E-state index < -0.39 is 17.8 Å². The van der Waals surface area contributed by atoms with Crippen LogP contribution in [0.2, 0.25) is 0 Å². The van der Waals surface area contributed by atoms with Gasteiger partial charge in [-0.15, -0.1) is 0 Å². The summed E-state index contributed by atoms with van der Waals surface area (Å²) in [4.78, 5) is 11.3. The van der Waals surface area contributed by atoms with Crippen molar-refractivity contribution in [3.8, 4) is 0 Å². The Hall–Kier alpha value is -4.34. The van der Waals surface area contributed by atoms with Gasteiger partial charge in [0.15, 0.2) is 0 Å². The van der Waals surface area contributed by atoms with Crippen LogP contribution in [0.5, 0.6) is 0 Å². The molecule has 10 heteroatoms. The van der Waals surface area contributed by atoms with E-state index in [1.165, 1.54) is 0 Å². The first-order chi connectivity index (χ1) is 16.8. The number of imidazole rings is 1. The highest BCUT2D eigenvalue weighted by Gasteiger charge is 2.41. The van der Waals surface area contributed by atoms with Crippen LogP contribution in [0, 0.1) is 0 Å². The molecule has 0 saturated heterocycles. The summed E-state index contributed by atoms with van der Waals surface area (Å²) in [6, 6.07) is 11.9. The summed E-state index contributed by atoms with van der Waals surface area (Å²) in [6.07, 6.45) is 2.16. The van der Waals surface area contributed by atoms with Crippen molar-refractivity contribution in [3.63, 3.8) is 0 Å². The van der Waals surface area contributed by atoms with E-state index in [4.69, 9.17) is 0 Å². The number of hydrogen-bond acceptors (Lipinski definition) is 5. The van der Waals surface area contributed by atoms with Crippen molar-refractivity contribution >= 4 is 33.8 Å². The molecule has 178 valence electrons. The van der Waals surface area contributed by atoms with Crippen molar-refractivity contribution in [3.05, 3.63) is 90.7 Å². The van der Waals surface area contributed by atoms with E-state index in [-0.39, 0.29) is 12.3 Å². The van der Waals surface area contributed by atoms with Gasteiger partial charge in [0.05, 0.1) is 47.2 Å². The molecule has 3 heterocycles. The molecule has 2 aromatic carbocycles. The molecule has 4 N–H and O–H groups in total. The number of hydrogen-bond donors (Lipinski definition) is 4. The maximum atomic E-state index is 13.7. The maximum absolute atomic E-state index is 13.7. The molecule has 2 aromatic heterocycles. The Morgan fingerprint density at radius 2 is 1.97 bits per heavy atom. The van der Waals surface area contributed by atoms with Gasteiger partial charge >= 0.3 is 6.18 Å². The van der Waals surface area contributed by atoms with Gasteiger partial charge in [0.25, 0.3) is 0 Å². The fourth-order valence-electron chi connectivity index (χ4n) is 4.02. The third-order valence-electron chi connectivity index (χ3n) is 5.74. The van der Waals surface area contributed by atoms with Gasteiger partial charge in [0, 0.05) is 16.8 Å². The van der Waals surface area contributed by atoms with Crippen LogP contribution in [0.15, 0.2) is 84.4 Å². The molecule has 0 fully saturated rings. The normalized spacial score (nSPS) is 15.7. The minimum atomic E-state index is -4.46. The Morgan fingerprint density at radius 3 is 2.77 bits per heavy atom. The lowest BCUT2D eigenvalue weighted by Gasteiger charge is -2.16. The molecular weight excluding hydrogens is 455 g/mol. The van der Waals surface area contributed by atoms with Crippen molar-refractivity contribution in [2.75, 3.05) is 10.6 Å². The number of rotatable bonds is 7. The molecule has 5 rings (SSSR count). The number of H-pyrrole nitrogens is 2. The number of aryl methyl sites for hydroxylation is 1. The van der Waals surface area contributed by atoms with E-state index in [0.29, 0.717) is 17.8 Å². The molecule has 0 saturated carbocycles. The fraction of sp³-hybridized carbons (Fsp3) is 0.160. The largest absolute Gasteiger partial charge is 0.414 e. The van der Waals surface area contributed by atoms with Gasteiger partial charge in [0.1, 0.15) is 5.84 Å². The fourth-order valence-corrected chi connectivity index (χ4v) is 4.02. The summed E-state index contributed by atoms with van der Waals surface area (Å²) in [6.45, 7) is 3.98. The molecule has 1 aliphatic rings. The van der Waals surface area contributed by atoms with Crippen molar-refractivity contribution in [2.45, 2.75) is 25.1 Å². The van der Waals surface area contributed by atoms with Crippen molar-refractivity contribution in [1.29, 1.82) is 0 Å². The predicted octanol–water partition coefficient (Wildman–Crippen LogP) is 5.68. The first kappa shape index (κ1) is 22.5. The van der Waals surface area contributed by atoms with Crippen LogP contribution >= 0.6 is 0 Å². The highest BCUT2D eigenvalue weighted by Crippen LogP contribution is 2.35. The molecule has 0 aliphatic carbocycles. The molecule has 1 aliphatic heterocycles. The average Bonchev–Trinajstić information content (AvgIpc) is 3.58.